The van der Waals surface area contributed by atoms with Gasteiger partial charge in [-0.15, -0.1) is 0 Å². The van der Waals surface area contributed by atoms with Gasteiger partial charge in [-0.25, -0.2) is 0 Å². The van der Waals surface area contributed by atoms with Gasteiger partial charge in [-0.05, 0) is 61.6 Å². The molecule has 0 saturated heterocycles. The standard InChI is InChI=1S/C18H21F3/c1-2-3-4-5-14-6-8-15(9-7-14)16-10-12-17(13-11-16)18(19,20)21/h2-4,10-15H,1,5-9H2/b4-3-. The van der Waals surface area contributed by atoms with Crippen LogP contribution in [0.3, 0.4) is 0 Å². The molecular formula is C18H21F3. The van der Waals surface area contributed by atoms with Crippen molar-refractivity contribution in [3.8, 4) is 0 Å². The summed E-state index contributed by atoms with van der Waals surface area (Å²) in [4.78, 5) is 0. The van der Waals surface area contributed by atoms with Crippen LogP contribution in [0.25, 0.3) is 0 Å². The van der Waals surface area contributed by atoms with Gasteiger partial charge in [0.05, 0.1) is 5.56 Å². The topological polar surface area (TPSA) is 0 Å². The van der Waals surface area contributed by atoms with Crippen molar-refractivity contribution in [2.75, 3.05) is 0 Å². The Morgan fingerprint density at radius 3 is 2.19 bits per heavy atom. The van der Waals surface area contributed by atoms with Gasteiger partial charge in [-0.1, -0.05) is 36.9 Å². The first kappa shape index (κ1) is 15.9. The van der Waals surface area contributed by atoms with Crippen molar-refractivity contribution in [2.24, 2.45) is 5.92 Å². The van der Waals surface area contributed by atoms with Crippen molar-refractivity contribution in [3.05, 3.63) is 60.2 Å². The first-order valence-corrected chi connectivity index (χ1v) is 7.45. The molecule has 0 atom stereocenters. The molecule has 1 aliphatic carbocycles. The van der Waals surface area contributed by atoms with Crippen molar-refractivity contribution in [1.82, 2.24) is 0 Å². The van der Waals surface area contributed by atoms with E-state index in [1.54, 1.807) is 18.2 Å². The zero-order valence-corrected chi connectivity index (χ0v) is 12.1. The van der Waals surface area contributed by atoms with Crippen molar-refractivity contribution < 1.29 is 13.2 Å². The van der Waals surface area contributed by atoms with Gasteiger partial charge in [-0.3, -0.25) is 0 Å². The third-order valence-electron chi connectivity index (χ3n) is 4.30. The van der Waals surface area contributed by atoms with E-state index in [2.05, 4.69) is 12.7 Å². The van der Waals surface area contributed by atoms with Crippen molar-refractivity contribution >= 4 is 0 Å². The molecule has 1 aliphatic rings. The largest absolute Gasteiger partial charge is 0.416 e. The minimum absolute atomic E-state index is 0.409. The van der Waals surface area contributed by atoms with Crippen molar-refractivity contribution in [2.45, 2.75) is 44.2 Å². The van der Waals surface area contributed by atoms with Gasteiger partial charge in [0.1, 0.15) is 0 Å². The van der Waals surface area contributed by atoms with Gasteiger partial charge < -0.3 is 0 Å². The SMILES string of the molecule is C=C/C=C\CC1CCC(c2ccc(C(F)(F)F)cc2)CC1. The molecule has 0 amide bonds. The lowest BCUT2D eigenvalue weighted by Crippen LogP contribution is -2.13. The molecule has 0 nitrogen and oxygen atoms in total. The molecule has 0 spiro atoms. The first-order valence-electron chi connectivity index (χ1n) is 7.45. The molecule has 1 fully saturated rings. The minimum Gasteiger partial charge on any atom is -0.166 e. The predicted octanol–water partition coefficient (Wildman–Crippen LogP) is 6.11. The van der Waals surface area contributed by atoms with Crippen LogP contribution in [0.1, 0.15) is 49.1 Å². The summed E-state index contributed by atoms with van der Waals surface area (Å²) in [6, 6.07) is 5.69. The molecule has 1 saturated carbocycles. The summed E-state index contributed by atoms with van der Waals surface area (Å²) in [6.45, 7) is 3.65. The van der Waals surface area contributed by atoms with Crippen molar-refractivity contribution in [1.29, 1.82) is 0 Å². The Labute approximate surface area is 124 Å². The normalized spacial score (nSPS) is 23.4. The molecule has 0 aromatic heterocycles. The molecule has 0 aliphatic heterocycles. The average molecular weight is 294 g/mol. The summed E-state index contributed by atoms with van der Waals surface area (Å²) in [6.07, 6.45) is 7.17. The van der Waals surface area contributed by atoms with Crippen LogP contribution in [0, 0.1) is 5.92 Å². The lowest BCUT2D eigenvalue weighted by atomic mass is 9.77. The second-order valence-electron chi connectivity index (χ2n) is 5.74. The first-order chi connectivity index (χ1) is 10.0. The summed E-state index contributed by atoms with van der Waals surface area (Å²) in [7, 11) is 0. The second-order valence-corrected chi connectivity index (χ2v) is 5.74. The smallest absolute Gasteiger partial charge is 0.166 e. The van der Waals surface area contributed by atoms with Crippen LogP contribution in [-0.4, -0.2) is 0 Å². The summed E-state index contributed by atoms with van der Waals surface area (Å²) in [5.41, 5.74) is 0.484. The van der Waals surface area contributed by atoms with E-state index in [1.807, 2.05) is 6.08 Å². The molecular weight excluding hydrogens is 273 g/mol. The second kappa shape index (κ2) is 6.97. The number of alkyl halides is 3. The maximum atomic E-state index is 12.5. The lowest BCUT2D eigenvalue weighted by molar-refractivity contribution is -0.137. The minimum atomic E-state index is -4.24. The molecule has 114 valence electrons. The third kappa shape index (κ3) is 4.48. The van der Waals surface area contributed by atoms with Gasteiger partial charge in [0.25, 0.3) is 0 Å². The van der Waals surface area contributed by atoms with Crippen molar-refractivity contribution in [3.63, 3.8) is 0 Å². The van der Waals surface area contributed by atoms with E-state index in [9.17, 15) is 13.2 Å². The van der Waals surface area contributed by atoms with Crippen LogP contribution in [0.4, 0.5) is 13.2 Å². The number of rotatable bonds is 4. The maximum Gasteiger partial charge on any atom is 0.416 e. The fraction of sp³-hybridized carbons (Fsp3) is 0.444. The number of benzene rings is 1. The van der Waals surface area contributed by atoms with Gasteiger partial charge in [0, 0.05) is 0 Å². The number of hydrogen-bond donors (Lipinski definition) is 0. The summed E-state index contributed by atoms with van der Waals surface area (Å²) in [5.74, 6) is 1.11. The molecule has 2 rings (SSSR count). The van der Waals surface area contributed by atoms with Gasteiger partial charge in [0.15, 0.2) is 0 Å². The van der Waals surface area contributed by atoms with E-state index < -0.39 is 11.7 Å². The maximum absolute atomic E-state index is 12.5. The summed E-state index contributed by atoms with van der Waals surface area (Å²) in [5, 5.41) is 0. The average Bonchev–Trinajstić information content (AvgIpc) is 2.48. The molecule has 0 heterocycles. The molecule has 3 heteroatoms. The highest BCUT2D eigenvalue weighted by Gasteiger charge is 2.30. The Balaban J connectivity index is 1.90. The molecule has 21 heavy (non-hydrogen) atoms. The lowest BCUT2D eigenvalue weighted by Gasteiger charge is -2.28. The molecule has 1 aromatic rings. The van der Waals surface area contributed by atoms with Gasteiger partial charge in [0.2, 0.25) is 0 Å². The Morgan fingerprint density at radius 2 is 1.67 bits per heavy atom. The van der Waals surface area contributed by atoms with Gasteiger partial charge in [-0.2, -0.15) is 13.2 Å². The fourth-order valence-electron chi connectivity index (χ4n) is 3.04. The Hall–Kier alpha value is -1.51. The quantitative estimate of drug-likeness (QED) is 0.587. The van der Waals surface area contributed by atoms with E-state index in [1.165, 1.54) is 12.1 Å². The zero-order chi connectivity index (χ0) is 15.3. The highest BCUT2D eigenvalue weighted by molar-refractivity contribution is 5.27. The molecule has 0 radical (unpaired) electrons. The highest BCUT2D eigenvalue weighted by Crippen LogP contribution is 2.38. The molecule has 0 N–H and O–H groups in total. The van der Waals surface area contributed by atoms with E-state index in [-0.39, 0.29) is 0 Å². The Morgan fingerprint density at radius 1 is 1.05 bits per heavy atom. The highest BCUT2D eigenvalue weighted by atomic mass is 19.4. The number of allylic oxidation sites excluding steroid dienone is 3. The van der Waals surface area contributed by atoms with E-state index >= 15 is 0 Å². The third-order valence-corrected chi connectivity index (χ3v) is 4.30. The Kier molecular flexibility index (Phi) is 5.27. The predicted molar refractivity (Wildman–Crippen MR) is 80.1 cm³/mol. The van der Waals surface area contributed by atoms with Crippen LogP contribution < -0.4 is 0 Å². The number of halogens is 3. The summed E-state index contributed by atoms with van der Waals surface area (Å²) >= 11 is 0. The molecule has 0 bridgehead atoms. The van der Waals surface area contributed by atoms with E-state index in [4.69, 9.17) is 0 Å². The van der Waals surface area contributed by atoms with Crippen LogP contribution >= 0.6 is 0 Å². The molecule has 0 unspecified atom stereocenters. The van der Waals surface area contributed by atoms with Crippen LogP contribution in [0.2, 0.25) is 0 Å². The van der Waals surface area contributed by atoms with Gasteiger partial charge >= 0.3 is 6.18 Å². The Bertz CT molecular complexity index is 474. The van der Waals surface area contributed by atoms with E-state index in [0.717, 1.165) is 37.7 Å². The van der Waals surface area contributed by atoms with Crippen LogP contribution in [0.15, 0.2) is 49.1 Å². The fourth-order valence-corrected chi connectivity index (χ4v) is 3.04. The summed E-state index contributed by atoms with van der Waals surface area (Å²) < 4.78 is 37.6. The number of hydrogen-bond acceptors (Lipinski definition) is 0. The zero-order valence-electron chi connectivity index (χ0n) is 12.1. The molecule has 1 aromatic carbocycles. The van der Waals surface area contributed by atoms with Crippen LogP contribution in [0.5, 0.6) is 0 Å². The van der Waals surface area contributed by atoms with Crippen LogP contribution in [-0.2, 0) is 6.18 Å². The monoisotopic (exact) mass is 294 g/mol. The van der Waals surface area contributed by atoms with E-state index in [0.29, 0.717) is 11.8 Å².